The second-order valence-corrected chi connectivity index (χ2v) is 8.19. The summed E-state index contributed by atoms with van der Waals surface area (Å²) >= 11 is 0. The van der Waals surface area contributed by atoms with E-state index < -0.39 is 5.97 Å². The smallest absolute Gasteiger partial charge is 0.359 e. The number of nitrogens with zero attached hydrogens (tertiary/aromatic N) is 2. The van der Waals surface area contributed by atoms with E-state index in [0.29, 0.717) is 5.69 Å². The summed E-state index contributed by atoms with van der Waals surface area (Å²) in [4.78, 5) is 25.3. The number of hydrogen-bond acceptors (Lipinski definition) is 4. The zero-order valence-electron chi connectivity index (χ0n) is 18.1. The van der Waals surface area contributed by atoms with Gasteiger partial charge in [0.25, 0.3) is 5.91 Å². The molecule has 2 aromatic carbocycles. The Morgan fingerprint density at radius 3 is 2.61 bits per heavy atom. The van der Waals surface area contributed by atoms with Crippen LogP contribution in [-0.4, -0.2) is 28.3 Å². The molecule has 31 heavy (non-hydrogen) atoms. The van der Waals surface area contributed by atoms with Crippen LogP contribution in [0.25, 0.3) is 5.69 Å². The molecule has 6 nitrogen and oxygen atoms in total. The van der Waals surface area contributed by atoms with Gasteiger partial charge in [0, 0.05) is 16.9 Å². The Hall–Kier alpha value is -3.41. The summed E-state index contributed by atoms with van der Waals surface area (Å²) in [6.45, 7) is 5.76. The molecule has 1 aliphatic carbocycles. The fourth-order valence-electron chi connectivity index (χ4n) is 4.10. The Balaban J connectivity index is 1.48. The number of para-hydroxylation sites is 2. The third kappa shape index (κ3) is 4.24. The van der Waals surface area contributed by atoms with Crippen LogP contribution in [0.3, 0.4) is 0 Å². The molecule has 0 atom stereocenters. The van der Waals surface area contributed by atoms with Crippen molar-refractivity contribution in [1.82, 2.24) is 9.78 Å². The van der Waals surface area contributed by atoms with Gasteiger partial charge in [-0.25, -0.2) is 9.48 Å². The molecule has 0 radical (unpaired) electrons. The predicted molar refractivity (Wildman–Crippen MR) is 120 cm³/mol. The second kappa shape index (κ2) is 8.76. The molecule has 0 aliphatic heterocycles. The molecule has 0 saturated heterocycles. The fourth-order valence-corrected chi connectivity index (χ4v) is 4.10. The van der Waals surface area contributed by atoms with Crippen LogP contribution in [0.15, 0.2) is 48.5 Å². The first-order chi connectivity index (χ1) is 15.0. The lowest BCUT2D eigenvalue weighted by Gasteiger charge is -2.16. The Labute approximate surface area is 182 Å². The van der Waals surface area contributed by atoms with Crippen LogP contribution < -0.4 is 5.32 Å². The number of hydrogen-bond donors (Lipinski definition) is 1. The van der Waals surface area contributed by atoms with Gasteiger partial charge in [-0.05, 0) is 55.4 Å². The third-order valence-electron chi connectivity index (χ3n) is 5.65. The Morgan fingerprint density at radius 2 is 1.87 bits per heavy atom. The highest BCUT2D eigenvalue weighted by Crippen LogP contribution is 2.29. The van der Waals surface area contributed by atoms with Crippen molar-refractivity contribution in [3.63, 3.8) is 0 Å². The van der Waals surface area contributed by atoms with Gasteiger partial charge in [-0.2, -0.15) is 5.10 Å². The van der Waals surface area contributed by atoms with Crippen LogP contribution in [0, 0.1) is 6.92 Å². The van der Waals surface area contributed by atoms with Crippen LogP contribution in [-0.2, 0) is 22.4 Å². The minimum atomic E-state index is -0.558. The molecule has 1 heterocycles. The van der Waals surface area contributed by atoms with Crippen molar-refractivity contribution >= 4 is 17.6 Å². The van der Waals surface area contributed by atoms with Gasteiger partial charge in [0.05, 0.1) is 5.69 Å². The molecule has 160 valence electrons. The van der Waals surface area contributed by atoms with Gasteiger partial charge in [-0.15, -0.1) is 0 Å². The molecule has 1 aromatic heterocycles. The van der Waals surface area contributed by atoms with E-state index >= 15 is 0 Å². The topological polar surface area (TPSA) is 73.2 Å². The number of nitrogens with one attached hydrogen (secondary N) is 1. The summed E-state index contributed by atoms with van der Waals surface area (Å²) in [5.74, 6) is -0.650. The van der Waals surface area contributed by atoms with Gasteiger partial charge in [0.15, 0.2) is 12.3 Å². The zero-order valence-corrected chi connectivity index (χ0v) is 18.1. The Bertz CT molecular complexity index is 1120. The maximum Gasteiger partial charge on any atom is 0.359 e. The molecule has 1 amide bonds. The highest BCUT2D eigenvalue weighted by molar-refractivity contribution is 5.96. The lowest BCUT2D eigenvalue weighted by atomic mass is 9.98. The van der Waals surface area contributed by atoms with Crippen molar-refractivity contribution in [2.24, 2.45) is 0 Å². The number of esters is 1. The quantitative estimate of drug-likeness (QED) is 0.596. The summed E-state index contributed by atoms with van der Waals surface area (Å²) < 4.78 is 7.17. The van der Waals surface area contributed by atoms with Crippen molar-refractivity contribution in [1.29, 1.82) is 0 Å². The normalized spacial score (nSPS) is 12.6. The number of ether oxygens (including phenoxy) is 1. The summed E-state index contributed by atoms with van der Waals surface area (Å²) in [5, 5.41) is 7.43. The first-order valence-corrected chi connectivity index (χ1v) is 10.7. The second-order valence-electron chi connectivity index (χ2n) is 8.19. The average Bonchev–Trinajstić information content (AvgIpc) is 3.37. The first-order valence-electron chi connectivity index (χ1n) is 10.7. The third-order valence-corrected chi connectivity index (χ3v) is 5.65. The van der Waals surface area contributed by atoms with Crippen molar-refractivity contribution in [3.8, 4) is 5.69 Å². The van der Waals surface area contributed by atoms with Crippen molar-refractivity contribution in [3.05, 3.63) is 76.6 Å². The van der Waals surface area contributed by atoms with Crippen LogP contribution in [0.5, 0.6) is 0 Å². The standard InChI is InChI=1S/C25H27N3O3/c1-16(2)19-12-7-9-17(3)23(19)26-22(29)15-31-25(30)24-20-13-8-14-21(20)28(27-24)18-10-5-4-6-11-18/h4-7,9-12,16H,8,13-15H2,1-3H3,(H,26,29). The number of amides is 1. The summed E-state index contributed by atoms with van der Waals surface area (Å²) in [6, 6.07) is 15.7. The van der Waals surface area contributed by atoms with E-state index in [1.807, 2.05) is 60.1 Å². The molecular formula is C25H27N3O3. The molecule has 0 saturated carbocycles. The maximum atomic E-state index is 12.8. The summed E-state index contributed by atoms with van der Waals surface area (Å²) in [6.07, 6.45) is 2.64. The number of anilines is 1. The van der Waals surface area contributed by atoms with Crippen molar-refractivity contribution in [2.75, 3.05) is 11.9 Å². The Kier molecular flexibility index (Phi) is 5.89. The molecule has 1 N–H and O–H groups in total. The SMILES string of the molecule is Cc1cccc(C(C)C)c1NC(=O)COC(=O)c1nn(-c2ccccc2)c2c1CCC2. The maximum absolute atomic E-state index is 12.8. The lowest BCUT2D eigenvalue weighted by molar-refractivity contribution is -0.119. The number of rotatable bonds is 6. The van der Waals surface area contributed by atoms with E-state index in [-0.39, 0.29) is 18.4 Å². The predicted octanol–water partition coefficient (Wildman–Crippen LogP) is 4.59. The monoisotopic (exact) mass is 417 g/mol. The van der Waals surface area contributed by atoms with E-state index in [1.54, 1.807) is 0 Å². The van der Waals surface area contributed by atoms with Crippen molar-refractivity contribution in [2.45, 2.75) is 46.0 Å². The molecule has 0 spiro atoms. The number of benzene rings is 2. The molecule has 3 aromatic rings. The molecular weight excluding hydrogens is 390 g/mol. The molecule has 6 heteroatoms. The highest BCUT2D eigenvalue weighted by Gasteiger charge is 2.28. The number of carbonyl (C=O) groups is 2. The molecule has 4 rings (SSSR count). The largest absolute Gasteiger partial charge is 0.451 e. The van der Waals surface area contributed by atoms with Crippen LogP contribution in [0.1, 0.15) is 59.1 Å². The fraction of sp³-hybridized carbons (Fsp3) is 0.320. The van der Waals surface area contributed by atoms with E-state index in [4.69, 9.17) is 4.74 Å². The number of aryl methyl sites for hydroxylation is 1. The van der Waals surface area contributed by atoms with Gasteiger partial charge in [-0.1, -0.05) is 50.2 Å². The van der Waals surface area contributed by atoms with Crippen LogP contribution in [0.2, 0.25) is 0 Å². The van der Waals surface area contributed by atoms with Gasteiger partial charge in [-0.3, -0.25) is 4.79 Å². The van der Waals surface area contributed by atoms with Gasteiger partial charge < -0.3 is 10.1 Å². The summed E-state index contributed by atoms with van der Waals surface area (Å²) in [5.41, 5.74) is 6.01. The van der Waals surface area contributed by atoms with Gasteiger partial charge >= 0.3 is 5.97 Å². The minimum absolute atomic E-state index is 0.266. The molecule has 1 aliphatic rings. The van der Waals surface area contributed by atoms with Crippen LogP contribution >= 0.6 is 0 Å². The summed E-state index contributed by atoms with van der Waals surface area (Å²) in [7, 11) is 0. The van der Waals surface area contributed by atoms with E-state index in [9.17, 15) is 9.59 Å². The first kappa shape index (κ1) is 20.8. The zero-order chi connectivity index (χ0) is 22.0. The van der Waals surface area contributed by atoms with Crippen molar-refractivity contribution < 1.29 is 14.3 Å². The van der Waals surface area contributed by atoms with E-state index in [1.165, 1.54) is 0 Å². The van der Waals surface area contributed by atoms with Gasteiger partial charge in [0.1, 0.15) is 0 Å². The number of aromatic nitrogens is 2. The Morgan fingerprint density at radius 1 is 1.10 bits per heavy atom. The molecule has 0 unspecified atom stereocenters. The molecule has 0 fully saturated rings. The minimum Gasteiger partial charge on any atom is -0.451 e. The molecule has 0 bridgehead atoms. The highest BCUT2D eigenvalue weighted by atomic mass is 16.5. The number of carbonyl (C=O) groups excluding carboxylic acids is 2. The van der Waals surface area contributed by atoms with Gasteiger partial charge in [0.2, 0.25) is 0 Å². The number of fused-ring (bicyclic) bond motifs is 1. The average molecular weight is 418 g/mol. The lowest BCUT2D eigenvalue weighted by Crippen LogP contribution is -2.22. The van der Waals surface area contributed by atoms with E-state index in [0.717, 1.165) is 53.0 Å². The van der Waals surface area contributed by atoms with E-state index in [2.05, 4.69) is 24.3 Å². The van der Waals surface area contributed by atoms with Crippen LogP contribution in [0.4, 0.5) is 5.69 Å².